The van der Waals surface area contributed by atoms with Crippen LogP contribution in [0.5, 0.6) is 0 Å². The molecule has 0 spiro atoms. The van der Waals surface area contributed by atoms with Crippen LogP contribution < -0.4 is 0 Å². The van der Waals surface area contributed by atoms with Crippen LogP contribution >= 0.6 is 0 Å². The summed E-state index contributed by atoms with van der Waals surface area (Å²) in [5, 5.41) is 0. The molecular formula is C21H20N2O2. The number of aromatic nitrogens is 2. The Bertz CT molecular complexity index is 852. The molecule has 25 heavy (non-hydrogen) atoms. The molecule has 0 aliphatic carbocycles. The highest BCUT2D eigenvalue weighted by Crippen LogP contribution is 2.20. The van der Waals surface area contributed by atoms with E-state index in [1.165, 1.54) is 11.6 Å². The van der Waals surface area contributed by atoms with Crippen LogP contribution in [0.4, 0.5) is 0 Å². The maximum absolute atomic E-state index is 11.5. The van der Waals surface area contributed by atoms with E-state index in [1.54, 1.807) is 13.0 Å². The molecule has 0 saturated carbocycles. The molecular weight excluding hydrogens is 312 g/mol. The zero-order valence-electron chi connectivity index (χ0n) is 14.1. The van der Waals surface area contributed by atoms with Gasteiger partial charge in [0.2, 0.25) is 0 Å². The number of hydrogen-bond acceptors (Lipinski definition) is 3. The first-order valence-corrected chi connectivity index (χ1v) is 8.27. The van der Waals surface area contributed by atoms with Gasteiger partial charge in [0.05, 0.1) is 12.3 Å². The molecule has 4 nitrogen and oxygen atoms in total. The summed E-state index contributed by atoms with van der Waals surface area (Å²) in [5.74, 6) is 0.509. The van der Waals surface area contributed by atoms with E-state index in [1.807, 2.05) is 54.7 Å². The molecule has 3 rings (SSSR count). The predicted molar refractivity (Wildman–Crippen MR) is 98.9 cm³/mol. The standard InChI is InChI=1S/C21H20N2O2/c1-2-25-20(24)14-13-19-16-23(15-17-9-5-3-6-10-17)21(22-19)18-11-7-4-8-12-18/h3-14,16H,2,15H2,1H3/b14-13+. The van der Waals surface area contributed by atoms with Gasteiger partial charge in [0.1, 0.15) is 5.82 Å². The molecule has 4 heteroatoms. The lowest BCUT2D eigenvalue weighted by Crippen LogP contribution is -2.00. The molecule has 0 aliphatic heterocycles. The summed E-state index contributed by atoms with van der Waals surface area (Å²) >= 11 is 0. The van der Waals surface area contributed by atoms with E-state index in [0.29, 0.717) is 13.2 Å². The number of rotatable bonds is 6. The monoisotopic (exact) mass is 332 g/mol. The maximum Gasteiger partial charge on any atom is 0.330 e. The summed E-state index contributed by atoms with van der Waals surface area (Å²) in [6.45, 7) is 2.86. The van der Waals surface area contributed by atoms with Crippen LogP contribution in [0.1, 0.15) is 18.2 Å². The van der Waals surface area contributed by atoms with Crippen molar-refractivity contribution in [3.8, 4) is 11.4 Å². The smallest absolute Gasteiger partial charge is 0.330 e. The average Bonchev–Trinajstić information content (AvgIpc) is 3.05. The van der Waals surface area contributed by atoms with Crippen molar-refractivity contribution < 1.29 is 9.53 Å². The first-order valence-electron chi connectivity index (χ1n) is 8.27. The Morgan fingerprint density at radius 3 is 2.44 bits per heavy atom. The Kier molecular flexibility index (Phi) is 5.42. The van der Waals surface area contributed by atoms with E-state index in [4.69, 9.17) is 4.74 Å². The lowest BCUT2D eigenvalue weighted by Gasteiger charge is -2.07. The zero-order chi connectivity index (χ0) is 17.5. The predicted octanol–water partition coefficient (Wildman–Crippen LogP) is 4.17. The van der Waals surface area contributed by atoms with Crippen molar-refractivity contribution in [2.24, 2.45) is 0 Å². The van der Waals surface area contributed by atoms with E-state index >= 15 is 0 Å². The molecule has 0 amide bonds. The van der Waals surface area contributed by atoms with Crippen molar-refractivity contribution in [3.63, 3.8) is 0 Å². The van der Waals surface area contributed by atoms with Gasteiger partial charge in [0.25, 0.3) is 0 Å². The van der Waals surface area contributed by atoms with Crippen LogP contribution in [0.25, 0.3) is 17.5 Å². The van der Waals surface area contributed by atoms with Crippen molar-refractivity contribution in [1.82, 2.24) is 9.55 Å². The van der Waals surface area contributed by atoms with Gasteiger partial charge in [-0.15, -0.1) is 0 Å². The first-order chi connectivity index (χ1) is 12.3. The van der Waals surface area contributed by atoms with Crippen molar-refractivity contribution >= 4 is 12.0 Å². The Balaban J connectivity index is 1.93. The third kappa shape index (κ3) is 4.44. The molecule has 0 unspecified atom stereocenters. The van der Waals surface area contributed by atoms with Gasteiger partial charge < -0.3 is 9.30 Å². The van der Waals surface area contributed by atoms with Crippen LogP contribution in [0.2, 0.25) is 0 Å². The van der Waals surface area contributed by atoms with Gasteiger partial charge in [-0.3, -0.25) is 0 Å². The third-order valence-corrected chi connectivity index (χ3v) is 3.70. The fourth-order valence-electron chi connectivity index (χ4n) is 2.58. The highest BCUT2D eigenvalue weighted by molar-refractivity contribution is 5.86. The van der Waals surface area contributed by atoms with Gasteiger partial charge in [0, 0.05) is 24.4 Å². The topological polar surface area (TPSA) is 44.1 Å². The van der Waals surface area contributed by atoms with Gasteiger partial charge in [-0.2, -0.15) is 0 Å². The highest BCUT2D eigenvalue weighted by Gasteiger charge is 2.09. The van der Waals surface area contributed by atoms with Crippen molar-refractivity contribution in [1.29, 1.82) is 0 Å². The SMILES string of the molecule is CCOC(=O)/C=C/c1cn(Cc2ccccc2)c(-c2ccccc2)n1. The minimum atomic E-state index is -0.360. The summed E-state index contributed by atoms with van der Waals surface area (Å²) < 4.78 is 7.01. The highest BCUT2D eigenvalue weighted by atomic mass is 16.5. The number of esters is 1. The number of carbonyl (C=O) groups excluding carboxylic acids is 1. The van der Waals surface area contributed by atoms with E-state index in [9.17, 15) is 4.79 Å². The minimum Gasteiger partial charge on any atom is -0.463 e. The van der Waals surface area contributed by atoms with Crippen LogP contribution in [-0.4, -0.2) is 22.1 Å². The van der Waals surface area contributed by atoms with Crippen molar-refractivity contribution in [3.05, 3.63) is 84.2 Å². The lowest BCUT2D eigenvalue weighted by atomic mass is 10.2. The minimum absolute atomic E-state index is 0.360. The maximum atomic E-state index is 11.5. The molecule has 0 fully saturated rings. The van der Waals surface area contributed by atoms with Crippen molar-refractivity contribution in [2.75, 3.05) is 6.61 Å². The lowest BCUT2D eigenvalue weighted by molar-refractivity contribution is -0.137. The van der Waals surface area contributed by atoms with Gasteiger partial charge in [-0.1, -0.05) is 60.7 Å². The second kappa shape index (κ2) is 8.11. The molecule has 0 aliphatic rings. The van der Waals surface area contributed by atoms with Crippen molar-refractivity contribution in [2.45, 2.75) is 13.5 Å². The Morgan fingerprint density at radius 1 is 1.08 bits per heavy atom. The number of benzene rings is 2. The van der Waals surface area contributed by atoms with E-state index in [2.05, 4.69) is 21.7 Å². The summed E-state index contributed by atoms with van der Waals surface area (Å²) in [6, 6.07) is 20.2. The quantitative estimate of drug-likeness (QED) is 0.502. The number of ether oxygens (including phenoxy) is 1. The summed E-state index contributed by atoms with van der Waals surface area (Å²) in [7, 11) is 0. The molecule has 0 N–H and O–H groups in total. The van der Waals surface area contributed by atoms with Gasteiger partial charge >= 0.3 is 5.97 Å². The van der Waals surface area contributed by atoms with Crippen LogP contribution in [0, 0.1) is 0 Å². The average molecular weight is 332 g/mol. The number of carbonyl (C=O) groups is 1. The Morgan fingerprint density at radius 2 is 1.76 bits per heavy atom. The fourth-order valence-corrected chi connectivity index (χ4v) is 2.58. The molecule has 0 radical (unpaired) electrons. The number of hydrogen-bond donors (Lipinski definition) is 0. The van der Waals surface area contributed by atoms with E-state index in [-0.39, 0.29) is 5.97 Å². The summed E-state index contributed by atoms with van der Waals surface area (Å²) in [4.78, 5) is 16.2. The fraction of sp³-hybridized carbons (Fsp3) is 0.143. The zero-order valence-corrected chi connectivity index (χ0v) is 14.1. The van der Waals surface area contributed by atoms with Gasteiger partial charge in [-0.05, 0) is 18.6 Å². The summed E-state index contributed by atoms with van der Waals surface area (Å²) in [5.41, 5.74) is 2.95. The van der Waals surface area contributed by atoms with E-state index in [0.717, 1.165) is 17.1 Å². The molecule has 0 bridgehead atoms. The summed E-state index contributed by atoms with van der Waals surface area (Å²) in [6.07, 6.45) is 5.05. The largest absolute Gasteiger partial charge is 0.463 e. The molecule has 2 aromatic carbocycles. The Hall–Kier alpha value is -3.14. The van der Waals surface area contributed by atoms with Gasteiger partial charge in [0.15, 0.2) is 0 Å². The normalized spacial score (nSPS) is 10.9. The second-order valence-electron chi connectivity index (χ2n) is 5.55. The van der Waals surface area contributed by atoms with Crippen LogP contribution in [0.15, 0.2) is 72.9 Å². The molecule has 1 heterocycles. The molecule has 0 saturated heterocycles. The Labute approximate surface area is 147 Å². The third-order valence-electron chi connectivity index (χ3n) is 3.70. The molecule has 126 valence electrons. The number of nitrogens with zero attached hydrogens (tertiary/aromatic N) is 2. The first kappa shape index (κ1) is 16.7. The molecule has 3 aromatic rings. The molecule has 0 atom stereocenters. The van der Waals surface area contributed by atoms with Gasteiger partial charge in [-0.25, -0.2) is 9.78 Å². The van der Waals surface area contributed by atoms with Crippen LogP contribution in [0.3, 0.4) is 0 Å². The number of imidazole rings is 1. The van der Waals surface area contributed by atoms with E-state index < -0.39 is 0 Å². The molecule has 1 aromatic heterocycles. The van der Waals surface area contributed by atoms with Crippen LogP contribution in [-0.2, 0) is 16.1 Å². The second-order valence-corrected chi connectivity index (χ2v) is 5.55.